The molecular weight excluding hydrogens is 730 g/mol. The molecule has 0 N–H and O–H groups in total. The van der Waals surface area contributed by atoms with Crippen LogP contribution in [0.15, 0.2) is 78.9 Å². The second-order valence-corrected chi connectivity index (χ2v) is 13.4. The fourth-order valence-corrected chi connectivity index (χ4v) is 7.32. The first-order valence-electron chi connectivity index (χ1n) is 17.3. The molecule has 3 aromatic carbocycles. The molecule has 0 heterocycles. The topological polar surface area (TPSA) is 201 Å². The summed E-state index contributed by atoms with van der Waals surface area (Å²) in [5.74, 6) is -5.98. The summed E-state index contributed by atoms with van der Waals surface area (Å²) in [6.45, 7) is 0. The van der Waals surface area contributed by atoms with Crippen LogP contribution in [0.2, 0.25) is 0 Å². The standard InChI is InChI=1S/C41H43NO14/c1-51-33(43)39(34(44)52-2)20-19-31(26-15-17-32(18-16-26)42(49)50)25-41(37(47)55-5,38(48)56-6)24-30-14-10-9-13-29(30)23-40(35(45)53-3,36(46)54-4)22-28-12-8-7-11-27(28)21-39/h7-19H,20-25H2,1-6H3/b31-19+. The number of rotatable bonds is 8. The van der Waals surface area contributed by atoms with Gasteiger partial charge in [0, 0.05) is 12.1 Å². The highest BCUT2D eigenvalue weighted by Gasteiger charge is 2.54. The zero-order valence-corrected chi connectivity index (χ0v) is 31.9. The van der Waals surface area contributed by atoms with E-state index in [1.165, 1.54) is 30.3 Å². The molecular formula is C41H43NO14. The Balaban J connectivity index is 2.20. The van der Waals surface area contributed by atoms with Crippen molar-refractivity contribution in [1.29, 1.82) is 0 Å². The van der Waals surface area contributed by atoms with Crippen molar-refractivity contribution in [2.45, 2.75) is 38.5 Å². The fourth-order valence-electron chi connectivity index (χ4n) is 7.32. The maximum Gasteiger partial charge on any atom is 0.323 e. The number of allylic oxidation sites excluding steroid dienone is 2. The predicted molar refractivity (Wildman–Crippen MR) is 197 cm³/mol. The molecule has 3 aromatic rings. The Hall–Kier alpha value is -6.38. The van der Waals surface area contributed by atoms with E-state index in [1.54, 1.807) is 48.5 Å². The largest absolute Gasteiger partial charge is 0.468 e. The minimum Gasteiger partial charge on any atom is -0.468 e. The molecule has 0 amide bonds. The van der Waals surface area contributed by atoms with E-state index in [0.29, 0.717) is 27.8 Å². The molecule has 1 aliphatic rings. The fraction of sp³-hybridized carbons (Fsp3) is 0.366. The van der Waals surface area contributed by atoms with Crippen LogP contribution in [0.4, 0.5) is 5.69 Å². The van der Waals surface area contributed by atoms with E-state index in [4.69, 9.17) is 28.4 Å². The van der Waals surface area contributed by atoms with Crippen LogP contribution in [0.3, 0.4) is 0 Å². The summed E-state index contributed by atoms with van der Waals surface area (Å²) in [5.41, 5.74) is -4.67. The number of non-ortho nitro benzene ring substituents is 1. The number of methoxy groups -OCH3 is 6. The van der Waals surface area contributed by atoms with Gasteiger partial charge in [-0.3, -0.25) is 38.9 Å². The summed E-state index contributed by atoms with van der Waals surface area (Å²) in [6.07, 6.45) is -0.912. The van der Waals surface area contributed by atoms with Crippen molar-refractivity contribution >= 4 is 47.1 Å². The van der Waals surface area contributed by atoms with Gasteiger partial charge in [-0.15, -0.1) is 0 Å². The molecule has 15 heteroatoms. The lowest BCUT2D eigenvalue weighted by Crippen LogP contribution is -2.46. The Kier molecular flexibility index (Phi) is 13.5. The number of nitrogens with zero attached hydrogens (tertiary/aromatic N) is 1. The van der Waals surface area contributed by atoms with Gasteiger partial charge >= 0.3 is 35.8 Å². The lowest BCUT2D eigenvalue weighted by Gasteiger charge is -2.32. The molecule has 56 heavy (non-hydrogen) atoms. The van der Waals surface area contributed by atoms with E-state index < -0.39 is 76.2 Å². The lowest BCUT2D eigenvalue weighted by atomic mass is 9.71. The Labute approximate surface area is 323 Å². The summed E-state index contributed by atoms with van der Waals surface area (Å²) >= 11 is 0. The zero-order valence-electron chi connectivity index (χ0n) is 31.9. The van der Waals surface area contributed by atoms with Crippen LogP contribution in [0, 0.1) is 26.4 Å². The first kappa shape index (κ1) is 42.4. The Morgan fingerprint density at radius 1 is 0.482 bits per heavy atom. The van der Waals surface area contributed by atoms with E-state index in [9.17, 15) is 38.9 Å². The zero-order chi connectivity index (χ0) is 41.3. The van der Waals surface area contributed by atoms with Crippen LogP contribution in [-0.2, 0) is 82.9 Å². The molecule has 0 unspecified atom stereocenters. The highest BCUT2D eigenvalue weighted by molar-refractivity contribution is 6.03. The summed E-state index contributed by atoms with van der Waals surface area (Å²) in [5, 5.41) is 11.6. The van der Waals surface area contributed by atoms with Gasteiger partial charge in [0.15, 0.2) is 16.2 Å². The van der Waals surface area contributed by atoms with Crippen LogP contribution in [0.5, 0.6) is 0 Å². The number of hydrogen-bond donors (Lipinski definition) is 0. The van der Waals surface area contributed by atoms with Crippen LogP contribution in [0.25, 0.3) is 5.57 Å². The van der Waals surface area contributed by atoms with E-state index in [1.807, 2.05) is 0 Å². The van der Waals surface area contributed by atoms with Gasteiger partial charge in [0.25, 0.3) is 5.69 Å². The van der Waals surface area contributed by atoms with E-state index in [2.05, 4.69) is 0 Å². The third kappa shape index (κ3) is 8.16. The third-order valence-electron chi connectivity index (χ3n) is 10.3. The van der Waals surface area contributed by atoms with Gasteiger partial charge in [-0.2, -0.15) is 0 Å². The average Bonchev–Trinajstić information content (AvgIpc) is 3.23. The van der Waals surface area contributed by atoms with Crippen molar-refractivity contribution in [2.75, 3.05) is 42.7 Å². The van der Waals surface area contributed by atoms with Crippen LogP contribution in [-0.4, -0.2) is 83.4 Å². The van der Waals surface area contributed by atoms with Gasteiger partial charge in [-0.1, -0.05) is 54.6 Å². The molecule has 0 atom stereocenters. The summed E-state index contributed by atoms with van der Waals surface area (Å²) in [6, 6.07) is 18.4. The molecule has 0 fully saturated rings. The Morgan fingerprint density at radius 3 is 1.11 bits per heavy atom. The summed E-state index contributed by atoms with van der Waals surface area (Å²) < 4.78 is 31.4. The predicted octanol–water partition coefficient (Wildman–Crippen LogP) is 4.34. The van der Waals surface area contributed by atoms with E-state index in [-0.39, 0.29) is 30.5 Å². The molecule has 296 valence electrons. The second-order valence-electron chi connectivity index (χ2n) is 13.4. The van der Waals surface area contributed by atoms with Crippen LogP contribution < -0.4 is 0 Å². The molecule has 0 bridgehead atoms. The molecule has 0 spiro atoms. The Morgan fingerprint density at radius 2 is 0.786 bits per heavy atom. The quantitative estimate of drug-likeness (QED) is 0.103. The molecule has 0 saturated heterocycles. The van der Waals surface area contributed by atoms with Crippen molar-refractivity contribution in [1.82, 2.24) is 0 Å². The van der Waals surface area contributed by atoms with Crippen molar-refractivity contribution in [2.24, 2.45) is 16.2 Å². The normalized spacial score (nSPS) is 16.9. The number of benzene rings is 3. The molecule has 0 aliphatic heterocycles. The van der Waals surface area contributed by atoms with E-state index >= 15 is 0 Å². The molecule has 0 saturated carbocycles. The first-order chi connectivity index (χ1) is 26.7. The van der Waals surface area contributed by atoms with Crippen molar-refractivity contribution in [3.05, 3.63) is 117 Å². The number of nitro benzene ring substituents is 1. The average molecular weight is 774 g/mol. The molecule has 15 nitrogen and oxygen atoms in total. The number of carbonyl (C=O) groups is 6. The number of carbonyl (C=O) groups excluding carboxylic acids is 6. The van der Waals surface area contributed by atoms with Gasteiger partial charge < -0.3 is 28.4 Å². The monoisotopic (exact) mass is 773 g/mol. The maximum atomic E-state index is 14.1. The lowest BCUT2D eigenvalue weighted by molar-refractivity contribution is -0.384. The number of nitro groups is 1. The smallest absolute Gasteiger partial charge is 0.323 e. The van der Waals surface area contributed by atoms with Crippen LogP contribution >= 0.6 is 0 Å². The van der Waals surface area contributed by atoms with Crippen molar-refractivity contribution < 1.29 is 62.1 Å². The number of hydrogen-bond acceptors (Lipinski definition) is 14. The minimum absolute atomic E-state index is 0.201. The van der Waals surface area contributed by atoms with Crippen molar-refractivity contribution in [3.8, 4) is 0 Å². The highest BCUT2D eigenvalue weighted by Crippen LogP contribution is 2.43. The number of ether oxygens (including phenoxy) is 6. The first-order valence-corrected chi connectivity index (χ1v) is 17.3. The molecule has 4 rings (SSSR count). The number of esters is 6. The Bertz CT molecular complexity index is 1990. The summed E-state index contributed by atoms with van der Waals surface area (Å²) in [7, 11) is 6.58. The van der Waals surface area contributed by atoms with Crippen molar-refractivity contribution in [3.63, 3.8) is 0 Å². The SMILES string of the molecule is COC(=O)C1(C(=O)OC)C/C=C(/c2ccc([N+](=O)[O-])cc2)CC(C(=O)OC)(C(=O)OC)Cc2ccccc2CC(C(=O)OC)(C(=O)OC)Cc2ccccc2C1. The van der Waals surface area contributed by atoms with Gasteiger partial charge in [-0.05, 0) is 84.0 Å². The second kappa shape index (κ2) is 17.8. The van der Waals surface area contributed by atoms with Crippen LogP contribution in [0.1, 0.15) is 40.7 Å². The van der Waals surface area contributed by atoms with Gasteiger partial charge in [0.05, 0.1) is 47.6 Å². The summed E-state index contributed by atoms with van der Waals surface area (Å²) in [4.78, 5) is 95.0. The molecule has 0 radical (unpaired) electrons. The third-order valence-corrected chi connectivity index (χ3v) is 10.3. The highest BCUT2D eigenvalue weighted by atomic mass is 16.6. The number of fused-ring (bicyclic) bond motifs is 2. The minimum atomic E-state index is -2.19. The van der Waals surface area contributed by atoms with E-state index in [0.717, 1.165) is 42.7 Å². The van der Waals surface area contributed by atoms with Gasteiger partial charge in [0.1, 0.15) is 0 Å². The maximum absolute atomic E-state index is 14.1. The molecule has 1 aliphatic carbocycles. The molecule has 0 aromatic heterocycles. The van der Waals surface area contributed by atoms with Gasteiger partial charge in [-0.25, -0.2) is 0 Å². The van der Waals surface area contributed by atoms with Gasteiger partial charge in [0.2, 0.25) is 0 Å².